The number of nitrogens with zero attached hydrogens (tertiary/aromatic N) is 3. The normalized spacial score (nSPS) is 17.6. The lowest BCUT2D eigenvalue weighted by Crippen LogP contribution is -2.32. The molecule has 3 rings (SSSR count). The Morgan fingerprint density at radius 2 is 2.32 bits per heavy atom. The monoisotopic (exact) mass is 304 g/mol. The molecule has 2 aromatic rings. The van der Waals surface area contributed by atoms with Gasteiger partial charge in [0.05, 0.1) is 19.2 Å². The van der Waals surface area contributed by atoms with Crippen LogP contribution in [0.3, 0.4) is 0 Å². The number of nitrogens with one attached hydrogen (secondary N) is 1. The van der Waals surface area contributed by atoms with Crippen molar-refractivity contribution in [3.8, 4) is 0 Å². The van der Waals surface area contributed by atoms with Gasteiger partial charge in [0.1, 0.15) is 11.3 Å². The minimum Gasteiger partial charge on any atom is -0.477 e. The Bertz CT molecular complexity index is 679. The van der Waals surface area contributed by atoms with E-state index in [0.29, 0.717) is 18.7 Å². The van der Waals surface area contributed by atoms with Gasteiger partial charge in [0.15, 0.2) is 11.3 Å². The van der Waals surface area contributed by atoms with Gasteiger partial charge >= 0.3 is 5.97 Å². The smallest absolute Gasteiger partial charge is 0.354 e. The number of aromatic nitrogens is 3. The average Bonchev–Trinajstić information content (AvgIpc) is 2.80. The topological polar surface area (TPSA) is 89.3 Å². The predicted molar refractivity (Wildman–Crippen MR) is 80.8 cm³/mol. The second-order valence-corrected chi connectivity index (χ2v) is 5.44. The van der Waals surface area contributed by atoms with Gasteiger partial charge < -0.3 is 19.7 Å². The molecule has 1 fully saturated rings. The number of imidazole rings is 1. The van der Waals surface area contributed by atoms with Gasteiger partial charge in [-0.1, -0.05) is 6.92 Å². The standard InChI is InChI=1S/C15H20N4O3/c1-2-6-16-8-13-17-11-3-4-12(15(20)21)18-14(11)19(13)9-10-5-7-22-10/h3-4,10,16H,2,5-9H2,1H3,(H,20,21)/t10-/m0/s1. The zero-order valence-corrected chi connectivity index (χ0v) is 12.6. The van der Waals surface area contributed by atoms with Crippen molar-refractivity contribution in [3.63, 3.8) is 0 Å². The van der Waals surface area contributed by atoms with Crippen molar-refractivity contribution in [2.24, 2.45) is 0 Å². The highest BCUT2D eigenvalue weighted by molar-refractivity contribution is 5.88. The molecule has 22 heavy (non-hydrogen) atoms. The molecular formula is C15H20N4O3. The summed E-state index contributed by atoms with van der Waals surface area (Å²) in [5.74, 6) is -0.158. The highest BCUT2D eigenvalue weighted by atomic mass is 16.5. The minimum atomic E-state index is -1.03. The number of fused-ring (bicyclic) bond motifs is 1. The molecule has 0 spiro atoms. The molecule has 118 valence electrons. The average molecular weight is 304 g/mol. The summed E-state index contributed by atoms with van der Waals surface area (Å²) in [6.07, 6.45) is 2.23. The van der Waals surface area contributed by atoms with Crippen molar-refractivity contribution >= 4 is 17.1 Å². The van der Waals surface area contributed by atoms with E-state index in [1.54, 1.807) is 6.07 Å². The summed E-state index contributed by atoms with van der Waals surface area (Å²) in [6, 6.07) is 3.21. The molecule has 3 heterocycles. The van der Waals surface area contributed by atoms with Crippen LogP contribution in [0, 0.1) is 0 Å². The quantitative estimate of drug-likeness (QED) is 0.752. The van der Waals surface area contributed by atoms with Gasteiger partial charge in [-0.2, -0.15) is 0 Å². The van der Waals surface area contributed by atoms with Crippen LogP contribution in [0.4, 0.5) is 0 Å². The Kier molecular flexibility index (Phi) is 4.35. The number of aromatic carboxylic acids is 1. The maximum Gasteiger partial charge on any atom is 0.354 e. The summed E-state index contributed by atoms with van der Waals surface area (Å²) in [5, 5.41) is 12.5. The maximum atomic E-state index is 11.1. The van der Waals surface area contributed by atoms with Gasteiger partial charge in [-0.15, -0.1) is 0 Å². The summed E-state index contributed by atoms with van der Waals surface area (Å²) < 4.78 is 7.48. The molecule has 0 amide bonds. The molecule has 1 aliphatic rings. The van der Waals surface area contributed by atoms with Crippen molar-refractivity contribution < 1.29 is 14.6 Å². The van der Waals surface area contributed by atoms with E-state index < -0.39 is 5.97 Å². The van der Waals surface area contributed by atoms with Crippen molar-refractivity contribution in [3.05, 3.63) is 23.7 Å². The van der Waals surface area contributed by atoms with Crippen LogP contribution < -0.4 is 5.32 Å². The summed E-state index contributed by atoms with van der Waals surface area (Å²) in [5.41, 5.74) is 1.37. The third-order valence-electron chi connectivity index (χ3n) is 3.78. The Labute approximate surface area is 128 Å². The van der Waals surface area contributed by atoms with Crippen LogP contribution in [0.1, 0.15) is 36.1 Å². The van der Waals surface area contributed by atoms with Crippen LogP contribution in [-0.4, -0.2) is 44.9 Å². The Morgan fingerprint density at radius 3 is 2.95 bits per heavy atom. The van der Waals surface area contributed by atoms with Gasteiger partial charge in [0.2, 0.25) is 0 Å². The molecule has 2 aromatic heterocycles. The molecular weight excluding hydrogens is 284 g/mol. The van der Waals surface area contributed by atoms with Crippen LogP contribution in [0.5, 0.6) is 0 Å². The van der Waals surface area contributed by atoms with Gasteiger partial charge in [-0.05, 0) is 31.5 Å². The maximum absolute atomic E-state index is 11.1. The van der Waals surface area contributed by atoms with Gasteiger partial charge in [-0.3, -0.25) is 0 Å². The van der Waals surface area contributed by atoms with Crippen LogP contribution in [0.25, 0.3) is 11.2 Å². The Morgan fingerprint density at radius 1 is 1.50 bits per heavy atom. The van der Waals surface area contributed by atoms with E-state index in [1.165, 1.54) is 6.07 Å². The van der Waals surface area contributed by atoms with E-state index in [-0.39, 0.29) is 11.8 Å². The Balaban J connectivity index is 1.96. The molecule has 7 heteroatoms. The second-order valence-electron chi connectivity index (χ2n) is 5.44. The molecule has 1 atom stereocenters. The molecule has 0 aliphatic carbocycles. The first-order chi connectivity index (χ1) is 10.7. The summed E-state index contributed by atoms with van der Waals surface area (Å²) >= 11 is 0. The molecule has 2 N–H and O–H groups in total. The lowest BCUT2D eigenvalue weighted by atomic mass is 10.2. The molecule has 7 nitrogen and oxygen atoms in total. The molecule has 1 saturated heterocycles. The number of rotatable bonds is 7. The highest BCUT2D eigenvalue weighted by Gasteiger charge is 2.22. The number of hydrogen-bond donors (Lipinski definition) is 2. The first-order valence-corrected chi connectivity index (χ1v) is 7.60. The van der Waals surface area contributed by atoms with E-state index in [2.05, 4.69) is 22.2 Å². The van der Waals surface area contributed by atoms with Gasteiger partial charge in [-0.25, -0.2) is 14.8 Å². The zero-order chi connectivity index (χ0) is 15.5. The molecule has 0 aromatic carbocycles. The zero-order valence-electron chi connectivity index (χ0n) is 12.6. The van der Waals surface area contributed by atoms with Crippen LogP contribution >= 0.6 is 0 Å². The summed E-state index contributed by atoms with van der Waals surface area (Å²) in [6.45, 7) is 5.11. The fourth-order valence-corrected chi connectivity index (χ4v) is 2.50. The van der Waals surface area contributed by atoms with Crippen molar-refractivity contribution in [2.45, 2.75) is 39.0 Å². The van der Waals surface area contributed by atoms with E-state index in [9.17, 15) is 4.79 Å². The lowest BCUT2D eigenvalue weighted by Gasteiger charge is -2.27. The first-order valence-electron chi connectivity index (χ1n) is 7.60. The number of hydrogen-bond acceptors (Lipinski definition) is 5. The third-order valence-corrected chi connectivity index (χ3v) is 3.78. The summed E-state index contributed by atoms with van der Waals surface area (Å²) in [4.78, 5) is 20.0. The lowest BCUT2D eigenvalue weighted by molar-refractivity contribution is -0.0591. The SMILES string of the molecule is CCCNCc1nc2ccc(C(=O)O)nc2n1C[C@@H]1CCO1. The minimum absolute atomic E-state index is 0.0382. The number of ether oxygens (including phenoxy) is 1. The molecule has 0 radical (unpaired) electrons. The number of carboxylic acids is 1. The first kappa shape index (κ1) is 14.9. The van der Waals surface area contributed by atoms with E-state index in [0.717, 1.165) is 37.3 Å². The third kappa shape index (κ3) is 2.95. The molecule has 1 aliphatic heterocycles. The van der Waals surface area contributed by atoms with Crippen LogP contribution in [0.15, 0.2) is 12.1 Å². The van der Waals surface area contributed by atoms with Gasteiger partial charge in [0, 0.05) is 6.61 Å². The largest absolute Gasteiger partial charge is 0.477 e. The molecule has 0 bridgehead atoms. The number of pyridine rings is 1. The van der Waals surface area contributed by atoms with E-state index in [4.69, 9.17) is 9.84 Å². The van der Waals surface area contributed by atoms with E-state index >= 15 is 0 Å². The van der Waals surface area contributed by atoms with Gasteiger partial charge in [0.25, 0.3) is 0 Å². The number of carboxylic acid groups (broad SMARTS) is 1. The predicted octanol–water partition coefficient (Wildman–Crippen LogP) is 1.42. The van der Waals surface area contributed by atoms with E-state index in [1.807, 2.05) is 4.57 Å². The fourth-order valence-electron chi connectivity index (χ4n) is 2.50. The fraction of sp³-hybridized carbons (Fsp3) is 0.533. The van der Waals surface area contributed by atoms with Crippen molar-refractivity contribution in [1.29, 1.82) is 0 Å². The molecule has 0 unspecified atom stereocenters. The van der Waals surface area contributed by atoms with Crippen LogP contribution in [-0.2, 0) is 17.8 Å². The second kappa shape index (κ2) is 6.41. The Hall–Kier alpha value is -1.99. The number of carbonyl (C=O) groups is 1. The highest BCUT2D eigenvalue weighted by Crippen LogP contribution is 2.20. The molecule has 0 saturated carbocycles. The summed E-state index contributed by atoms with van der Waals surface area (Å²) in [7, 11) is 0. The van der Waals surface area contributed by atoms with Crippen molar-refractivity contribution in [1.82, 2.24) is 19.9 Å². The van der Waals surface area contributed by atoms with Crippen LogP contribution in [0.2, 0.25) is 0 Å². The van der Waals surface area contributed by atoms with Crippen molar-refractivity contribution in [2.75, 3.05) is 13.2 Å².